The second-order valence-corrected chi connectivity index (χ2v) is 7.50. The van der Waals surface area contributed by atoms with Crippen molar-refractivity contribution < 1.29 is 18.6 Å². The first kappa shape index (κ1) is 20.2. The molecule has 1 fully saturated rings. The number of unbranched alkanes of at least 4 members (excludes halogenated alkanes) is 1. The van der Waals surface area contributed by atoms with Crippen molar-refractivity contribution >= 4 is 16.7 Å². The van der Waals surface area contributed by atoms with Crippen LogP contribution in [0, 0.1) is 0 Å². The number of guanidine groups is 1. The summed E-state index contributed by atoms with van der Waals surface area (Å²) in [6, 6.07) is 12.1. The Morgan fingerprint density at radius 3 is 2.77 bits per heavy atom. The molecule has 3 aromatic rings. The summed E-state index contributed by atoms with van der Waals surface area (Å²) in [5, 5.41) is 6.37. The van der Waals surface area contributed by atoms with E-state index in [0.29, 0.717) is 24.3 Å². The zero-order chi connectivity index (χ0) is 20.9. The number of hydrogen-bond acceptors (Lipinski definition) is 5. The van der Waals surface area contributed by atoms with E-state index in [0.717, 1.165) is 60.9 Å². The summed E-state index contributed by atoms with van der Waals surface area (Å²) in [6.45, 7) is 2.25. The minimum atomic E-state index is -0.0553. The van der Waals surface area contributed by atoms with Crippen LogP contribution in [0.1, 0.15) is 37.6 Å². The summed E-state index contributed by atoms with van der Waals surface area (Å²) < 4.78 is 18.3. The molecule has 1 aliphatic heterocycles. The highest BCUT2D eigenvalue weighted by Crippen LogP contribution is 2.30. The average Bonchev–Trinajstić information content (AvgIpc) is 3.42. The van der Waals surface area contributed by atoms with Crippen LogP contribution in [-0.2, 0) is 4.74 Å². The Morgan fingerprint density at radius 2 is 1.93 bits per heavy atom. The molecule has 1 aliphatic rings. The molecule has 1 atom stereocenters. The van der Waals surface area contributed by atoms with Gasteiger partial charge in [0.15, 0.2) is 6.04 Å². The van der Waals surface area contributed by atoms with Gasteiger partial charge >= 0.3 is 5.96 Å². The molecule has 0 amide bonds. The van der Waals surface area contributed by atoms with Crippen molar-refractivity contribution in [3.05, 3.63) is 42.3 Å². The van der Waals surface area contributed by atoms with Gasteiger partial charge in [0, 0.05) is 19.3 Å². The molecule has 0 radical (unpaired) electrons. The van der Waals surface area contributed by atoms with Crippen LogP contribution in [-0.4, -0.2) is 47.5 Å². The van der Waals surface area contributed by atoms with Crippen molar-refractivity contribution in [2.45, 2.75) is 31.7 Å². The van der Waals surface area contributed by atoms with E-state index >= 15 is 0 Å². The van der Waals surface area contributed by atoms with E-state index in [1.165, 1.54) is 0 Å². The summed E-state index contributed by atoms with van der Waals surface area (Å²) >= 11 is 0. The topological polar surface area (TPSA) is 112 Å². The zero-order valence-corrected chi connectivity index (χ0v) is 17.2. The van der Waals surface area contributed by atoms with Gasteiger partial charge in [0.2, 0.25) is 5.82 Å². The molecule has 0 spiro atoms. The van der Waals surface area contributed by atoms with Crippen LogP contribution in [0.4, 0.5) is 0 Å². The third kappa shape index (κ3) is 4.38. The largest absolute Gasteiger partial charge is 0.494 e. The monoisotopic (exact) mass is 410 g/mol. The third-order valence-electron chi connectivity index (χ3n) is 5.39. The number of fused-ring (bicyclic) bond motifs is 1. The third-order valence-corrected chi connectivity index (χ3v) is 5.39. The Hall–Kier alpha value is -3.13. The first-order chi connectivity index (χ1) is 14.7. The van der Waals surface area contributed by atoms with E-state index in [1.54, 1.807) is 7.11 Å². The predicted molar refractivity (Wildman–Crippen MR) is 114 cm³/mol. The highest BCUT2D eigenvalue weighted by atomic mass is 16.5. The number of benzene rings is 2. The molecule has 1 aromatic heterocycles. The average molecular weight is 410 g/mol. The maximum Gasteiger partial charge on any atom is 0.341 e. The Kier molecular flexibility index (Phi) is 6.13. The molecule has 0 unspecified atom stereocenters. The molecule has 8 heteroatoms. The van der Waals surface area contributed by atoms with Crippen LogP contribution in [0.3, 0.4) is 0 Å². The van der Waals surface area contributed by atoms with Gasteiger partial charge in [-0.25, -0.2) is 0 Å². The molecule has 8 nitrogen and oxygen atoms in total. The lowest BCUT2D eigenvalue weighted by molar-refractivity contribution is -0.555. The van der Waals surface area contributed by atoms with Crippen LogP contribution >= 0.6 is 0 Å². The highest BCUT2D eigenvalue weighted by Gasteiger charge is 2.31. The van der Waals surface area contributed by atoms with Gasteiger partial charge in [-0.1, -0.05) is 23.4 Å². The number of methoxy groups -OCH3 is 1. The number of ether oxygens (including phenoxy) is 2. The summed E-state index contributed by atoms with van der Waals surface area (Å²) in [5.74, 6) is 2.27. The summed E-state index contributed by atoms with van der Waals surface area (Å²) in [6.07, 6.45) is 3.85. The Balaban J connectivity index is 1.48. The SMILES string of the molecule is COCCCCOc1ccc2cc(-c3noc([C@@H]4CCC[N+]4=C(N)N)n3)ccc2c1. The van der Waals surface area contributed by atoms with Crippen LogP contribution in [0.5, 0.6) is 5.75 Å². The lowest BCUT2D eigenvalue weighted by Crippen LogP contribution is -2.35. The molecule has 0 saturated carbocycles. The lowest BCUT2D eigenvalue weighted by atomic mass is 10.1. The van der Waals surface area contributed by atoms with Crippen molar-refractivity contribution in [2.75, 3.05) is 26.9 Å². The van der Waals surface area contributed by atoms with Crippen LogP contribution in [0.25, 0.3) is 22.2 Å². The quantitative estimate of drug-likeness (QED) is 0.333. The molecule has 4 N–H and O–H groups in total. The fourth-order valence-corrected chi connectivity index (χ4v) is 3.81. The van der Waals surface area contributed by atoms with Gasteiger partial charge in [-0.15, -0.1) is 0 Å². The van der Waals surface area contributed by atoms with E-state index in [9.17, 15) is 0 Å². The molecule has 0 bridgehead atoms. The molecule has 2 aromatic carbocycles. The van der Waals surface area contributed by atoms with Gasteiger partial charge in [-0.3, -0.25) is 16.0 Å². The van der Waals surface area contributed by atoms with E-state index in [1.807, 2.05) is 34.9 Å². The van der Waals surface area contributed by atoms with Crippen LogP contribution in [0.15, 0.2) is 40.9 Å². The van der Waals surface area contributed by atoms with E-state index < -0.39 is 0 Å². The molecule has 1 saturated heterocycles. The second-order valence-electron chi connectivity index (χ2n) is 7.50. The normalized spacial score (nSPS) is 16.3. The number of nitrogens with two attached hydrogens (primary N) is 2. The summed E-state index contributed by atoms with van der Waals surface area (Å²) in [4.78, 5) is 4.61. The fourth-order valence-electron chi connectivity index (χ4n) is 3.81. The van der Waals surface area contributed by atoms with Crippen molar-refractivity contribution in [3.8, 4) is 17.1 Å². The summed E-state index contributed by atoms with van der Waals surface area (Å²) in [5.41, 5.74) is 12.5. The van der Waals surface area contributed by atoms with Gasteiger partial charge < -0.3 is 14.0 Å². The first-order valence-electron chi connectivity index (χ1n) is 10.3. The maximum absolute atomic E-state index is 5.84. The second kappa shape index (κ2) is 9.13. The maximum atomic E-state index is 5.84. The minimum Gasteiger partial charge on any atom is -0.494 e. The molecular weight excluding hydrogens is 382 g/mol. The molecule has 4 rings (SSSR count). The number of aromatic nitrogens is 2. The van der Waals surface area contributed by atoms with Crippen molar-refractivity contribution in [2.24, 2.45) is 11.5 Å². The Bertz CT molecular complexity index is 1040. The molecular formula is C22H28N5O3+. The first-order valence-corrected chi connectivity index (χ1v) is 10.3. The van der Waals surface area contributed by atoms with Crippen molar-refractivity contribution in [3.63, 3.8) is 0 Å². The number of hydrogen-bond donors (Lipinski definition) is 2. The number of rotatable bonds is 8. The van der Waals surface area contributed by atoms with Crippen molar-refractivity contribution in [1.82, 2.24) is 10.1 Å². The van der Waals surface area contributed by atoms with Gasteiger partial charge in [-0.2, -0.15) is 4.98 Å². The standard InChI is InChI=1S/C22H27N5O3/c1-28-11-2-3-12-29-18-9-8-15-13-17(7-6-16(15)14-18)20-25-21(30-26-20)19-5-4-10-27(19)22(23)24/h6-9,13-14,19H,2-5,10-12H2,1H3,(H3,23,24)/p+1/t19-/m0/s1. The fraction of sp³-hybridized carbons (Fsp3) is 0.409. The minimum absolute atomic E-state index is 0.0553. The zero-order valence-electron chi connectivity index (χ0n) is 17.2. The Labute approximate surface area is 175 Å². The van der Waals surface area contributed by atoms with Gasteiger partial charge in [0.25, 0.3) is 5.89 Å². The predicted octanol–water partition coefficient (Wildman–Crippen LogP) is 2.82. The van der Waals surface area contributed by atoms with E-state index in [2.05, 4.69) is 16.2 Å². The molecule has 158 valence electrons. The Morgan fingerprint density at radius 1 is 1.13 bits per heavy atom. The highest BCUT2D eigenvalue weighted by molar-refractivity contribution is 5.87. The van der Waals surface area contributed by atoms with Crippen LogP contribution < -0.4 is 16.2 Å². The van der Waals surface area contributed by atoms with E-state index in [4.69, 9.17) is 25.5 Å². The smallest absolute Gasteiger partial charge is 0.341 e. The lowest BCUT2D eigenvalue weighted by Gasteiger charge is -2.08. The molecule has 2 heterocycles. The van der Waals surface area contributed by atoms with Crippen LogP contribution in [0.2, 0.25) is 0 Å². The van der Waals surface area contributed by atoms with Gasteiger partial charge in [0.1, 0.15) is 5.75 Å². The van der Waals surface area contributed by atoms with Gasteiger partial charge in [0.05, 0.1) is 13.2 Å². The number of nitrogens with zero attached hydrogens (tertiary/aromatic N) is 3. The van der Waals surface area contributed by atoms with Gasteiger partial charge in [-0.05, 0) is 54.7 Å². The van der Waals surface area contributed by atoms with Crippen molar-refractivity contribution in [1.29, 1.82) is 0 Å². The summed E-state index contributed by atoms with van der Waals surface area (Å²) in [7, 11) is 1.71. The van der Waals surface area contributed by atoms with E-state index in [-0.39, 0.29) is 6.04 Å². The molecule has 0 aliphatic carbocycles. The molecule has 30 heavy (non-hydrogen) atoms.